The van der Waals surface area contributed by atoms with Gasteiger partial charge in [-0.05, 0) is 35.4 Å². The molecule has 1 aliphatic rings. The fraction of sp³-hybridized carbons (Fsp3) is 0.250. The van der Waals surface area contributed by atoms with Gasteiger partial charge in [0.05, 0.1) is 0 Å². The molecule has 9 heteroatoms. The van der Waals surface area contributed by atoms with Gasteiger partial charge in [0, 0.05) is 6.07 Å². The van der Waals surface area contributed by atoms with E-state index >= 15 is 0 Å². The maximum atomic E-state index is 11.0. The average Bonchev–Trinajstić information content (AvgIpc) is 2.67. The maximum absolute atomic E-state index is 11.0. The van der Waals surface area contributed by atoms with E-state index in [2.05, 4.69) is 0 Å². The van der Waals surface area contributed by atoms with E-state index in [1.54, 1.807) is 24.3 Å². The topological polar surface area (TPSA) is 157 Å². The van der Waals surface area contributed by atoms with Crippen LogP contribution in [0.3, 0.4) is 0 Å². The molecule has 0 bridgehead atoms. The lowest BCUT2D eigenvalue weighted by Crippen LogP contribution is -2.61. The number of hydrogen-bond acceptors (Lipinski definition) is 8. The summed E-state index contributed by atoms with van der Waals surface area (Å²) in [6.45, 7) is 0. The molecule has 1 heterocycles. The van der Waals surface area contributed by atoms with Crippen molar-refractivity contribution < 1.29 is 44.9 Å². The monoisotopic (exact) mass is 404 g/mol. The third-order valence-corrected chi connectivity index (χ3v) is 4.35. The zero-order valence-electron chi connectivity index (χ0n) is 15.0. The van der Waals surface area contributed by atoms with Crippen LogP contribution in [-0.4, -0.2) is 67.3 Å². The van der Waals surface area contributed by atoms with Gasteiger partial charge in [-0.3, -0.25) is 0 Å². The number of phenolic OH excluding ortho intramolecular Hbond substituents is 2. The highest BCUT2D eigenvalue weighted by Crippen LogP contribution is 2.28. The summed E-state index contributed by atoms with van der Waals surface area (Å²) in [6.07, 6.45) is -5.24. The van der Waals surface area contributed by atoms with Gasteiger partial charge in [0.25, 0.3) is 0 Å². The molecule has 6 N–H and O–H groups in total. The van der Waals surface area contributed by atoms with E-state index in [0.29, 0.717) is 5.56 Å². The van der Waals surface area contributed by atoms with Gasteiger partial charge in [-0.2, -0.15) is 0 Å². The average molecular weight is 404 g/mol. The van der Waals surface area contributed by atoms with Crippen molar-refractivity contribution in [2.45, 2.75) is 30.7 Å². The number of carboxylic acids is 1. The highest BCUT2D eigenvalue weighted by atomic mass is 16.7. The number of aliphatic carboxylic acids is 1. The predicted molar refractivity (Wildman–Crippen MR) is 100 cm³/mol. The minimum Gasteiger partial charge on any atom is -0.508 e. The summed E-state index contributed by atoms with van der Waals surface area (Å²) in [5, 5.41) is 58.2. The van der Waals surface area contributed by atoms with Crippen LogP contribution in [0.25, 0.3) is 12.2 Å². The van der Waals surface area contributed by atoms with Crippen molar-refractivity contribution in [3.05, 3.63) is 53.6 Å². The van der Waals surface area contributed by atoms with Crippen molar-refractivity contribution in [3.8, 4) is 17.2 Å². The number of aromatic hydroxyl groups is 2. The quantitative estimate of drug-likeness (QED) is 0.391. The Hall–Kier alpha value is -3.11. The molecule has 0 amide bonds. The van der Waals surface area contributed by atoms with Crippen LogP contribution in [0.1, 0.15) is 11.1 Å². The zero-order chi connectivity index (χ0) is 21.1. The summed E-state index contributed by atoms with van der Waals surface area (Å²) < 4.78 is 10.3. The van der Waals surface area contributed by atoms with Crippen LogP contribution in [0.2, 0.25) is 0 Å². The summed E-state index contributed by atoms with van der Waals surface area (Å²) in [6, 6.07) is 10.6. The van der Waals surface area contributed by atoms with Crippen LogP contribution in [0, 0.1) is 0 Å². The highest BCUT2D eigenvalue weighted by Gasteiger charge is 2.48. The fourth-order valence-corrected chi connectivity index (χ4v) is 2.89. The molecule has 9 nitrogen and oxygen atoms in total. The van der Waals surface area contributed by atoms with E-state index in [1.165, 1.54) is 30.3 Å². The molecule has 1 saturated heterocycles. The number of phenols is 2. The van der Waals surface area contributed by atoms with Gasteiger partial charge < -0.3 is 40.1 Å². The normalized spacial score (nSPS) is 27.1. The Labute approximate surface area is 165 Å². The first-order valence-corrected chi connectivity index (χ1v) is 8.65. The number of ether oxygens (including phenoxy) is 2. The fourth-order valence-electron chi connectivity index (χ4n) is 2.89. The third kappa shape index (κ3) is 4.84. The first kappa shape index (κ1) is 20.6. The van der Waals surface area contributed by atoms with Crippen molar-refractivity contribution >= 4 is 18.1 Å². The van der Waals surface area contributed by atoms with Gasteiger partial charge in [0.1, 0.15) is 29.5 Å². The minimum absolute atomic E-state index is 0.0584. The molecule has 154 valence electrons. The van der Waals surface area contributed by atoms with Crippen molar-refractivity contribution in [1.29, 1.82) is 0 Å². The smallest absolute Gasteiger partial charge is 0.335 e. The SMILES string of the molecule is O=C(O)[C@@H]1O[C@H](O)[C@@H](Oc2cc(O)cc(/C=C/c3ccc(O)cc3)c2)[C@H](O)[C@H]1O. The summed E-state index contributed by atoms with van der Waals surface area (Å²) in [5.41, 5.74) is 1.32. The summed E-state index contributed by atoms with van der Waals surface area (Å²) in [4.78, 5) is 11.0. The molecule has 29 heavy (non-hydrogen) atoms. The van der Waals surface area contributed by atoms with Crippen LogP contribution in [0.4, 0.5) is 0 Å². The lowest BCUT2D eigenvalue weighted by atomic mass is 9.99. The molecule has 0 radical (unpaired) electrons. The number of hydrogen-bond donors (Lipinski definition) is 6. The van der Waals surface area contributed by atoms with E-state index in [1.807, 2.05) is 0 Å². The Morgan fingerprint density at radius 3 is 2.21 bits per heavy atom. The van der Waals surface area contributed by atoms with E-state index in [4.69, 9.17) is 14.6 Å². The number of aliphatic hydroxyl groups is 3. The molecular weight excluding hydrogens is 384 g/mol. The van der Waals surface area contributed by atoms with Crippen LogP contribution in [0.5, 0.6) is 17.2 Å². The Kier molecular flexibility index (Phi) is 6.04. The van der Waals surface area contributed by atoms with Gasteiger partial charge in [0.15, 0.2) is 18.5 Å². The molecule has 1 fully saturated rings. The number of aliphatic hydroxyl groups excluding tert-OH is 3. The second-order valence-electron chi connectivity index (χ2n) is 6.53. The molecule has 3 rings (SSSR count). The molecule has 0 saturated carbocycles. The van der Waals surface area contributed by atoms with Gasteiger partial charge in [-0.25, -0.2) is 4.79 Å². The van der Waals surface area contributed by atoms with Crippen LogP contribution < -0.4 is 4.74 Å². The number of carboxylic acid groups (broad SMARTS) is 1. The largest absolute Gasteiger partial charge is 0.508 e. The summed E-state index contributed by atoms with van der Waals surface area (Å²) in [5.74, 6) is -1.50. The lowest BCUT2D eigenvalue weighted by Gasteiger charge is -2.38. The maximum Gasteiger partial charge on any atom is 0.335 e. The minimum atomic E-state index is -1.81. The van der Waals surface area contributed by atoms with Crippen LogP contribution in [-0.2, 0) is 9.53 Å². The molecule has 0 unspecified atom stereocenters. The molecule has 0 aromatic heterocycles. The Balaban J connectivity index is 1.77. The molecule has 2 aromatic carbocycles. The van der Waals surface area contributed by atoms with E-state index in [-0.39, 0.29) is 17.2 Å². The molecule has 1 aliphatic heterocycles. The van der Waals surface area contributed by atoms with E-state index in [0.717, 1.165) is 5.56 Å². The first-order chi connectivity index (χ1) is 13.7. The molecular formula is C20H20O9. The molecule has 0 aliphatic carbocycles. The van der Waals surface area contributed by atoms with Gasteiger partial charge >= 0.3 is 5.97 Å². The zero-order valence-corrected chi connectivity index (χ0v) is 15.0. The lowest BCUT2D eigenvalue weighted by molar-refractivity contribution is -0.274. The predicted octanol–water partition coefficient (Wildman–Crippen LogP) is 0.539. The van der Waals surface area contributed by atoms with Crippen LogP contribution >= 0.6 is 0 Å². The van der Waals surface area contributed by atoms with Crippen molar-refractivity contribution in [1.82, 2.24) is 0 Å². The Morgan fingerprint density at radius 1 is 0.897 bits per heavy atom. The third-order valence-electron chi connectivity index (χ3n) is 4.35. The van der Waals surface area contributed by atoms with Gasteiger partial charge in [0.2, 0.25) is 0 Å². The van der Waals surface area contributed by atoms with Gasteiger partial charge in [-0.15, -0.1) is 0 Å². The second-order valence-corrected chi connectivity index (χ2v) is 6.53. The second kappa shape index (κ2) is 8.50. The number of carbonyl (C=O) groups is 1. The Morgan fingerprint density at radius 2 is 1.55 bits per heavy atom. The van der Waals surface area contributed by atoms with Crippen LogP contribution in [0.15, 0.2) is 42.5 Å². The number of benzene rings is 2. The Bertz CT molecular complexity index is 893. The molecule has 5 atom stereocenters. The van der Waals surface area contributed by atoms with E-state index < -0.39 is 36.7 Å². The first-order valence-electron chi connectivity index (χ1n) is 8.65. The standard InChI is InChI=1S/C20H20O9/c21-12-5-3-10(4-6-12)1-2-11-7-13(22)9-14(8-11)28-18-16(24)15(23)17(19(25)26)29-20(18)27/h1-9,15-18,20-24,27H,(H,25,26)/b2-1+/t15-,16-,17-,18+,20+/m1/s1. The molecule has 0 spiro atoms. The van der Waals surface area contributed by atoms with Crippen molar-refractivity contribution in [3.63, 3.8) is 0 Å². The highest BCUT2D eigenvalue weighted by molar-refractivity contribution is 5.73. The van der Waals surface area contributed by atoms with E-state index in [9.17, 15) is 30.3 Å². The van der Waals surface area contributed by atoms with Crippen molar-refractivity contribution in [2.75, 3.05) is 0 Å². The van der Waals surface area contributed by atoms with Gasteiger partial charge in [-0.1, -0.05) is 24.3 Å². The molecule has 2 aromatic rings. The summed E-state index contributed by atoms with van der Waals surface area (Å²) in [7, 11) is 0. The number of rotatable bonds is 5. The summed E-state index contributed by atoms with van der Waals surface area (Å²) >= 11 is 0. The van der Waals surface area contributed by atoms with Crippen molar-refractivity contribution in [2.24, 2.45) is 0 Å².